The van der Waals surface area contributed by atoms with Crippen LogP contribution in [0.4, 0.5) is 0 Å². The number of likely N-dealkylation sites (N-methyl/N-ethyl adjacent to an activating group) is 1. The SMILES string of the molecule is CON(C)C(=O)[C@H](C)c1ccc(CC(C)C)cc1. The topological polar surface area (TPSA) is 29.5 Å². The molecular formula is C15H23NO2. The van der Waals surface area contributed by atoms with Gasteiger partial charge in [0.05, 0.1) is 13.0 Å². The average molecular weight is 249 g/mol. The highest BCUT2D eigenvalue weighted by Gasteiger charge is 2.19. The standard InChI is InChI=1S/C15H23NO2/c1-11(2)10-13-6-8-14(9-7-13)12(3)15(17)16(4)18-5/h6-9,11-12H,10H2,1-5H3/t12-/m1/s1. The van der Waals surface area contributed by atoms with Gasteiger partial charge in [-0.15, -0.1) is 0 Å². The van der Waals surface area contributed by atoms with Crippen molar-refractivity contribution >= 4 is 5.91 Å². The van der Waals surface area contributed by atoms with E-state index in [-0.39, 0.29) is 11.8 Å². The van der Waals surface area contributed by atoms with Crippen molar-refractivity contribution in [2.24, 2.45) is 5.92 Å². The molecule has 1 atom stereocenters. The van der Waals surface area contributed by atoms with E-state index in [4.69, 9.17) is 4.84 Å². The van der Waals surface area contributed by atoms with Gasteiger partial charge in [-0.2, -0.15) is 0 Å². The fraction of sp³-hybridized carbons (Fsp3) is 0.533. The molecule has 3 heteroatoms. The zero-order valence-electron chi connectivity index (χ0n) is 11.9. The van der Waals surface area contributed by atoms with Gasteiger partial charge >= 0.3 is 0 Å². The van der Waals surface area contributed by atoms with E-state index >= 15 is 0 Å². The number of benzene rings is 1. The number of carbonyl (C=O) groups is 1. The Kier molecular flexibility index (Phi) is 5.35. The van der Waals surface area contributed by atoms with Crippen molar-refractivity contribution in [2.75, 3.05) is 14.2 Å². The number of hydroxylamine groups is 2. The van der Waals surface area contributed by atoms with Crippen LogP contribution in [0, 0.1) is 5.92 Å². The Balaban J connectivity index is 2.75. The Hall–Kier alpha value is -1.35. The van der Waals surface area contributed by atoms with Crippen LogP contribution in [0.15, 0.2) is 24.3 Å². The molecule has 0 aliphatic rings. The van der Waals surface area contributed by atoms with Crippen molar-refractivity contribution in [2.45, 2.75) is 33.1 Å². The lowest BCUT2D eigenvalue weighted by atomic mass is 9.96. The molecule has 1 aromatic carbocycles. The maximum Gasteiger partial charge on any atom is 0.253 e. The number of carbonyl (C=O) groups excluding carboxylic acids is 1. The van der Waals surface area contributed by atoms with Crippen molar-refractivity contribution in [3.63, 3.8) is 0 Å². The third kappa shape index (κ3) is 3.84. The van der Waals surface area contributed by atoms with Crippen molar-refractivity contribution in [1.29, 1.82) is 0 Å². The van der Waals surface area contributed by atoms with Gasteiger partial charge in [0, 0.05) is 7.05 Å². The van der Waals surface area contributed by atoms with E-state index in [1.54, 1.807) is 7.05 Å². The lowest BCUT2D eigenvalue weighted by Crippen LogP contribution is -2.29. The van der Waals surface area contributed by atoms with Gasteiger partial charge in [0.15, 0.2) is 0 Å². The first-order chi connectivity index (χ1) is 8.45. The van der Waals surface area contributed by atoms with Crippen LogP contribution >= 0.6 is 0 Å². The zero-order valence-corrected chi connectivity index (χ0v) is 11.9. The van der Waals surface area contributed by atoms with Gasteiger partial charge in [0.25, 0.3) is 5.91 Å². The van der Waals surface area contributed by atoms with Gasteiger partial charge < -0.3 is 0 Å². The second-order valence-electron chi connectivity index (χ2n) is 5.08. The molecule has 0 bridgehead atoms. The summed E-state index contributed by atoms with van der Waals surface area (Å²) in [4.78, 5) is 16.9. The summed E-state index contributed by atoms with van der Waals surface area (Å²) in [5.74, 6) is 0.437. The van der Waals surface area contributed by atoms with Gasteiger partial charge in [-0.25, -0.2) is 5.06 Å². The molecule has 0 heterocycles. The molecule has 1 aromatic rings. The summed E-state index contributed by atoms with van der Waals surface area (Å²) in [6.07, 6.45) is 1.07. The Bertz CT molecular complexity index is 384. The van der Waals surface area contributed by atoms with Crippen LogP contribution in [0.25, 0.3) is 0 Å². The molecule has 0 saturated carbocycles. The molecule has 1 rings (SSSR count). The van der Waals surface area contributed by atoms with E-state index in [2.05, 4.69) is 26.0 Å². The van der Waals surface area contributed by atoms with Crippen molar-refractivity contribution < 1.29 is 9.63 Å². The maximum absolute atomic E-state index is 11.9. The fourth-order valence-electron chi connectivity index (χ4n) is 1.92. The summed E-state index contributed by atoms with van der Waals surface area (Å²) >= 11 is 0. The van der Waals surface area contributed by atoms with E-state index in [1.807, 2.05) is 19.1 Å². The van der Waals surface area contributed by atoms with Crippen LogP contribution in [-0.4, -0.2) is 25.1 Å². The Labute approximate surface area is 110 Å². The first-order valence-corrected chi connectivity index (χ1v) is 6.36. The van der Waals surface area contributed by atoms with Gasteiger partial charge in [0.1, 0.15) is 0 Å². The Morgan fingerprint density at radius 3 is 2.22 bits per heavy atom. The molecular weight excluding hydrogens is 226 g/mol. The predicted molar refractivity (Wildman–Crippen MR) is 73.2 cm³/mol. The normalized spacial score (nSPS) is 12.6. The first kappa shape index (κ1) is 14.7. The lowest BCUT2D eigenvalue weighted by molar-refractivity contribution is -0.170. The molecule has 0 saturated heterocycles. The molecule has 3 nitrogen and oxygen atoms in total. The highest BCUT2D eigenvalue weighted by Crippen LogP contribution is 2.19. The molecule has 100 valence electrons. The van der Waals surface area contributed by atoms with Gasteiger partial charge in [-0.3, -0.25) is 9.63 Å². The molecule has 18 heavy (non-hydrogen) atoms. The summed E-state index contributed by atoms with van der Waals surface area (Å²) in [6, 6.07) is 8.27. The number of hydrogen-bond acceptors (Lipinski definition) is 2. The Morgan fingerprint density at radius 2 is 1.78 bits per heavy atom. The van der Waals surface area contributed by atoms with Gasteiger partial charge in [-0.1, -0.05) is 38.1 Å². The second kappa shape index (κ2) is 6.55. The number of nitrogens with zero attached hydrogens (tertiary/aromatic N) is 1. The smallest absolute Gasteiger partial charge is 0.253 e. The van der Waals surface area contributed by atoms with Crippen molar-refractivity contribution in [3.05, 3.63) is 35.4 Å². The average Bonchev–Trinajstić information content (AvgIpc) is 2.36. The summed E-state index contributed by atoms with van der Waals surface area (Å²) in [7, 11) is 3.13. The minimum atomic E-state index is -0.178. The van der Waals surface area contributed by atoms with Gasteiger partial charge in [-0.05, 0) is 30.4 Å². The third-order valence-electron chi connectivity index (χ3n) is 3.08. The monoisotopic (exact) mass is 249 g/mol. The quantitative estimate of drug-likeness (QED) is 0.751. The number of amides is 1. The van der Waals surface area contributed by atoms with Crippen LogP contribution in [0.5, 0.6) is 0 Å². The number of rotatable bonds is 5. The predicted octanol–water partition coefficient (Wildman–Crippen LogP) is 3.01. The minimum absolute atomic E-state index is 0.0332. The summed E-state index contributed by atoms with van der Waals surface area (Å²) in [5.41, 5.74) is 2.34. The minimum Gasteiger partial charge on any atom is -0.275 e. The van der Waals surface area contributed by atoms with E-state index in [9.17, 15) is 4.79 Å². The summed E-state index contributed by atoms with van der Waals surface area (Å²) in [5, 5.41) is 1.27. The molecule has 1 amide bonds. The zero-order chi connectivity index (χ0) is 13.7. The lowest BCUT2D eigenvalue weighted by Gasteiger charge is -2.19. The largest absolute Gasteiger partial charge is 0.275 e. The van der Waals surface area contributed by atoms with Crippen LogP contribution in [0.3, 0.4) is 0 Å². The summed E-state index contributed by atoms with van der Waals surface area (Å²) in [6.45, 7) is 6.30. The highest BCUT2D eigenvalue weighted by atomic mass is 16.7. The van der Waals surface area contributed by atoms with Crippen LogP contribution in [-0.2, 0) is 16.1 Å². The maximum atomic E-state index is 11.9. The number of hydrogen-bond donors (Lipinski definition) is 0. The fourth-order valence-corrected chi connectivity index (χ4v) is 1.92. The third-order valence-corrected chi connectivity index (χ3v) is 3.08. The molecule has 0 aliphatic heterocycles. The van der Waals surface area contributed by atoms with Crippen molar-refractivity contribution in [1.82, 2.24) is 5.06 Å². The van der Waals surface area contributed by atoms with Crippen LogP contribution in [0.1, 0.15) is 37.8 Å². The molecule has 0 aliphatic carbocycles. The Morgan fingerprint density at radius 1 is 1.22 bits per heavy atom. The molecule has 0 spiro atoms. The summed E-state index contributed by atoms with van der Waals surface area (Å²) < 4.78 is 0. The highest BCUT2D eigenvalue weighted by molar-refractivity contribution is 5.82. The van der Waals surface area contributed by atoms with Crippen LogP contribution in [0.2, 0.25) is 0 Å². The van der Waals surface area contributed by atoms with E-state index < -0.39 is 0 Å². The molecule has 0 radical (unpaired) electrons. The molecule has 0 fully saturated rings. The van der Waals surface area contributed by atoms with Crippen molar-refractivity contribution in [3.8, 4) is 0 Å². The molecule has 0 N–H and O–H groups in total. The van der Waals surface area contributed by atoms with Gasteiger partial charge in [0.2, 0.25) is 0 Å². The van der Waals surface area contributed by atoms with E-state index in [0.717, 1.165) is 12.0 Å². The molecule has 0 aromatic heterocycles. The van der Waals surface area contributed by atoms with E-state index in [1.165, 1.54) is 17.7 Å². The van der Waals surface area contributed by atoms with Crippen LogP contribution < -0.4 is 0 Å². The second-order valence-corrected chi connectivity index (χ2v) is 5.08. The molecule has 0 unspecified atom stereocenters. The first-order valence-electron chi connectivity index (χ1n) is 6.36. The van der Waals surface area contributed by atoms with E-state index in [0.29, 0.717) is 5.92 Å².